The molecule has 0 atom stereocenters. The van der Waals surface area contributed by atoms with E-state index in [2.05, 4.69) is 81.6 Å². The van der Waals surface area contributed by atoms with E-state index < -0.39 is 10.8 Å². The number of nitrogens with zero attached hydrogens (tertiary/aromatic N) is 8. The van der Waals surface area contributed by atoms with Crippen molar-refractivity contribution < 1.29 is 8.78 Å². The van der Waals surface area contributed by atoms with Crippen LogP contribution in [0.25, 0.3) is 125 Å². The predicted octanol–water partition coefficient (Wildman–Crippen LogP) is 17.9. The highest BCUT2D eigenvalue weighted by Gasteiger charge is 2.47. The highest BCUT2D eigenvalue weighted by molar-refractivity contribution is 7.32. The minimum atomic E-state index is -0.513. The Morgan fingerprint density at radius 1 is 0.459 bits per heavy atom. The first kappa shape index (κ1) is 45.4. The molecule has 352 valence electrons. The van der Waals surface area contributed by atoms with Crippen LogP contribution in [0.4, 0.5) is 8.78 Å². The van der Waals surface area contributed by atoms with Crippen LogP contribution in [0.3, 0.4) is 0 Å². The molecule has 2 aliphatic carbocycles. The van der Waals surface area contributed by atoms with Crippen molar-refractivity contribution in [1.29, 1.82) is 21.0 Å². The Labute approximate surface area is 451 Å². The third kappa shape index (κ3) is 6.29. The number of fused-ring (bicyclic) bond motifs is 13. The fourth-order valence-corrected chi connectivity index (χ4v) is 19.9. The van der Waals surface area contributed by atoms with Gasteiger partial charge in [-0.1, -0.05) is 52.0 Å². The monoisotopic (exact) mass is 1100 g/mol. The average Bonchev–Trinajstić information content (AvgIpc) is 4.26. The fourth-order valence-electron chi connectivity index (χ4n) is 10.8. The van der Waals surface area contributed by atoms with E-state index in [1.54, 1.807) is 45.3 Å². The number of nitriles is 4. The molecule has 0 radical (unpaired) electrons. The quantitative estimate of drug-likeness (QED) is 0.150. The molecule has 0 spiro atoms. The molecule has 0 fully saturated rings. The van der Waals surface area contributed by atoms with Gasteiger partial charge in [-0.3, -0.25) is 0 Å². The summed E-state index contributed by atoms with van der Waals surface area (Å²) in [6, 6.07) is 32.0. The average molecular weight is 1110 g/mol. The van der Waals surface area contributed by atoms with Crippen LogP contribution in [-0.2, 0) is 10.8 Å². The Morgan fingerprint density at radius 2 is 0.851 bits per heavy atom. The molecule has 8 heterocycles. The summed E-state index contributed by atoms with van der Waals surface area (Å²) in [4.78, 5) is 7.83. The molecule has 4 aromatic carbocycles. The van der Waals surface area contributed by atoms with Gasteiger partial charge in [0.15, 0.2) is 0 Å². The highest BCUT2D eigenvalue weighted by Crippen LogP contribution is 2.65. The lowest BCUT2D eigenvalue weighted by atomic mass is 9.81. The molecule has 12 aromatic rings. The number of allylic oxidation sites excluding steroid dienone is 2. The molecule has 0 saturated heterocycles. The summed E-state index contributed by atoms with van der Waals surface area (Å²) in [6.07, 6.45) is 3.06. The zero-order chi connectivity index (χ0) is 50.7. The maximum Gasteiger partial charge on any atom is 0.149 e. The lowest BCUT2D eigenvalue weighted by molar-refractivity contribution is 0.632. The van der Waals surface area contributed by atoms with Gasteiger partial charge in [-0.15, -0.1) is 68.0 Å². The minimum Gasteiger partial charge on any atom is -0.205 e. The van der Waals surface area contributed by atoms with Crippen molar-refractivity contribution in [3.8, 4) is 85.5 Å². The number of benzene rings is 4. The second-order valence-electron chi connectivity index (χ2n) is 19.0. The van der Waals surface area contributed by atoms with E-state index in [0.717, 1.165) is 116 Å². The van der Waals surface area contributed by atoms with E-state index in [0.29, 0.717) is 53.7 Å². The SMILES string of the molecule is CC1(C)c2cc3cc(-c4ccc(-c5ccc(C=C(C#N)C#N)c6nsnc56)s4)sc3c(F)c2-c2sc3c4c(sc3c21)-c1c(cc2cc(-c3ccc(-c5ccc(C=C(C#N)C#N)c6nsnc56)s3)sc2c1F)C4(C)C. The van der Waals surface area contributed by atoms with E-state index >= 15 is 8.78 Å². The van der Waals surface area contributed by atoms with Crippen molar-refractivity contribution in [3.05, 3.63) is 129 Å². The van der Waals surface area contributed by atoms with Gasteiger partial charge in [-0.2, -0.15) is 38.5 Å². The molecule has 0 N–H and O–H groups in total. The van der Waals surface area contributed by atoms with Gasteiger partial charge in [-0.05, 0) is 93.7 Å². The van der Waals surface area contributed by atoms with Crippen molar-refractivity contribution in [2.45, 2.75) is 38.5 Å². The van der Waals surface area contributed by atoms with E-state index in [1.165, 1.54) is 34.8 Å². The Morgan fingerprint density at radius 3 is 1.26 bits per heavy atom. The molecule has 74 heavy (non-hydrogen) atoms. The first-order chi connectivity index (χ1) is 35.8. The van der Waals surface area contributed by atoms with Crippen LogP contribution in [0, 0.1) is 57.0 Å². The van der Waals surface area contributed by atoms with Gasteiger partial charge in [0, 0.05) is 83.2 Å². The fraction of sp³-hybridized carbons (Fsp3) is 0.107. The number of aromatic nitrogens is 4. The molecule has 0 bridgehead atoms. The second kappa shape index (κ2) is 16.1. The Balaban J connectivity index is 0.808. The summed E-state index contributed by atoms with van der Waals surface area (Å²) in [5, 5.41) is 39.1. The summed E-state index contributed by atoms with van der Waals surface area (Å²) < 4.78 is 56.4. The maximum absolute atomic E-state index is 17.4. The molecule has 0 saturated carbocycles. The second-order valence-corrected chi connectivity index (χ2v) is 26.4. The standard InChI is InChI=1S/C56H26F2N8S8/c1-55(2)31-15-27-17-37(35-11-9-33(67-35)29-7-5-25(13-23(19-59)20-60)45-47(29)65-73-63-45)69-49(27)43(57)39(31)51-41(55)53-54(71-51)42-52(72-53)40-32(56(42,3)4)16-28-18-38(70-50(28)44(40)58)36-12-10-34(68-36)30-8-6-26(14-24(21-61)22-62)46-48(30)66-74-64-46/h5-18H,1-4H3. The summed E-state index contributed by atoms with van der Waals surface area (Å²) in [7, 11) is 0. The zero-order valence-electron chi connectivity index (χ0n) is 38.7. The molecule has 18 heteroatoms. The molecule has 8 aromatic heterocycles. The molecule has 2 aliphatic rings. The van der Waals surface area contributed by atoms with Gasteiger partial charge in [0.05, 0.1) is 42.3 Å². The van der Waals surface area contributed by atoms with Gasteiger partial charge < -0.3 is 0 Å². The number of hydrogen-bond donors (Lipinski definition) is 0. The van der Waals surface area contributed by atoms with Crippen molar-refractivity contribution in [2.75, 3.05) is 0 Å². The van der Waals surface area contributed by atoms with Gasteiger partial charge >= 0.3 is 0 Å². The normalized spacial score (nSPS) is 13.7. The van der Waals surface area contributed by atoms with Crippen LogP contribution in [0.15, 0.2) is 83.9 Å². The number of halogens is 2. The van der Waals surface area contributed by atoms with Crippen LogP contribution >= 0.6 is 91.5 Å². The van der Waals surface area contributed by atoms with Crippen molar-refractivity contribution >= 4 is 155 Å². The van der Waals surface area contributed by atoms with Gasteiger partial charge in [-0.25, -0.2) is 8.78 Å². The Kier molecular flexibility index (Phi) is 9.91. The van der Waals surface area contributed by atoms with E-state index in [1.807, 2.05) is 60.7 Å². The highest BCUT2D eigenvalue weighted by atomic mass is 32.1. The van der Waals surface area contributed by atoms with Crippen LogP contribution in [0.1, 0.15) is 61.1 Å². The maximum atomic E-state index is 17.4. The summed E-state index contributed by atoms with van der Waals surface area (Å²) >= 11 is 11.6. The van der Waals surface area contributed by atoms with E-state index in [4.69, 9.17) is 0 Å². The van der Waals surface area contributed by atoms with Crippen molar-refractivity contribution in [3.63, 3.8) is 0 Å². The smallest absolute Gasteiger partial charge is 0.149 e. The number of rotatable bonds is 6. The van der Waals surface area contributed by atoms with Crippen molar-refractivity contribution in [1.82, 2.24) is 17.5 Å². The number of thiophene rings is 6. The zero-order valence-corrected chi connectivity index (χ0v) is 45.2. The van der Waals surface area contributed by atoms with Gasteiger partial charge in [0.2, 0.25) is 0 Å². The molecule has 0 aliphatic heterocycles. The third-order valence-corrected chi connectivity index (χ3v) is 22.8. The van der Waals surface area contributed by atoms with Crippen LogP contribution in [-0.4, -0.2) is 17.5 Å². The lowest BCUT2D eigenvalue weighted by Gasteiger charge is -2.22. The van der Waals surface area contributed by atoms with Crippen LogP contribution in [0.5, 0.6) is 0 Å². The Hall–Kier alpha value is -7.20. The third-order valence-electron chi connectivity index (χ3n) is 14.3. The first-order valence-electron chi connectivity index (χ1n) is 22.7. The summed E-state index contributed by atoms with van der Waals surface area (Å²) in [5.41, 5.74) is 10.2. The van der Waals surface area contributed by atoms with Crippen LogP contribution < -0.4 is 0 Å². The molecular weight excluding hydrogens is 1080 g/mol. The largest absolute Gasteiger partial charge is 0.205 e. The van der Waals surface area contributed by atoms with E-state index in [9.17, 15) is 21.0 Å². The molecule has 14 rings (SSSR count). The van der Waals surface area contributed by atoms with Crippen molar-refractivity contribution in [2.24, 2.45) is 0 Å². The topological polar surface area (TPSA) is 147 Å². The minimum absolute atomic E-state index is 0.00687. The number of hydrogen-bond acceptors (Lipinski definition) is 16. The lowest BCUT2D eigenvalue weighted by Crippen LogP contribution is -2.16. The van der Waals surface area contributed by atoms with E-state index in [-0.39, 0.29) is 22.8 Å². The molecule has 8 nitrogen and oxygen atoms in total. The predicted molar refractivity (Wildman–Crippen MR) is 303 cm³/mol. The van der Waals surface area contributed by atoms with Crippen LogP contribution in [0.2, 0.25) is 0 Å². The summed E-state index contributed by atoms with van der Waals surface area (Å²) in [5.74, 6) is -0.409. The first-order valence-corrected chi connectivity index (χ1v) is 29.1. The Bertz CT molecular complexity index is 4440. The van der Waals surface area contributed by atoms with Gasteiger partial charge in [0.1, 0.15) is 69.1 Å². The molecule has 0 amide bonds. The molecule has 0 unspecified atom stereocenters. The summed E-state index contributed by atoms with van der Waals surface area (Å²) in [6.45, 7) is 8.75. The molecular formula is C56H26F2N8S8. The van der Waals surface area contributed by atoms with Gasteiger partial charge in [0.25, 0.3) is 0 Å².